The van der Waals surface area contributed by atoms with Gasteiger partial charge in [0, 0.05) is 10.3 Å². The van der Waals surface area contributed by atoms with Gasteiger partial charge in [0.15, 0.2) is 5.69 Å². The second-order valence-electron chi connectivity index (χ2n) is 5.95. The molecule has 5 heteroatoms. The van der Waals surface area contributed by atoms with E-state index in [1.54, 1.807) is 11.3 Å². The molecule has 0 radical (unpaired) electrons. The normalized spacial score (nSPS) is 12.2. The Morgan fingerprint density at radius 1 is 1.12 bits per heavy atom. The van der Waals surface area contributed by atoms with Gasteiger partial charge < -0.3 is 5.32 Å². The number of aryl methyl sites for hydroxylation is 1. The van der Waals surface area contributed by atoms with E-state index in [1.165, 1.54) is 0 Å². The number of hydrogen-bond donors (Lipinski definition) is 2. The van der Waals surface area contributed by atoms with Crippen LogP contribution in [0.3, 0.4) is 0 Å². The fraction of sp³-hybridized carbons (Fsp3) is 0.100. The van der Waals surface area contributed by atoms with E-state index in [0.717, 1.165) is 26.9 Å². The number of fused-ring (bicyclic) bond motifs is 1. The maximum Gasteiger partial charge on any atom is 0.273 e. The van der Waals surface area contributed by atoms with Crippen LogP contribution in [-0.2, 0) is 0 Å². The fourth-order valence-electron chi connectivity index (χ4n) is 2.92. The van der Waals surface area contributed by atoms with Gasteiger partial charge in [0.25, 0.3) is 5.91 Å². The SMILES string of the molecule is Cc1ccc2[nH]nc(C(=O)N[C@H](c3ccccc3)c3cccs3)c2c1. The van der Waals surface area contributed by atoms with Gasteiger partial charge in [-0.15, -0.1) is 11.3 Å². The second-order valence-corrected chi connectivity index (χ2v) is 6.93. The molecule has 2 aromatic heterocycles. The summed E-state index contributed by atoms with van der Waals surface area (Å²) in [6.07, 6.45) is 0. The maximum atomic E-state index is 12.9. The molecule has 0 fully saturated rings. The van der Waals surface area contributed by atoms with Crippen molar-refractivity contribution in [1.29, 1.82) is 0 Å². The van der Waals surface area contributed by atoms with Gasteiger partial charge in [-0.05, 0) is 36.1 Å². The Morgan fingerprint density at radius 3 is 2.72 bits per heavy atom. The maximum absolute atomic E-state index is 12.9. The average Bonchev–Trinajstić information content (AvgIpc) is 3.29. The van der Waals surface area contributed by atoms with Crippen molar-refractivity contribution < 1.29 is 4.79 Å². The number of aromatic nitrogens is 2. The van der Waals surface area contributed by atoms with Crippen LogP contribution in [0.4, 0.5) is 0 Å². The minimum Gasteiger partial charge on any atom is -0.339 e. The van der Waals surface area contributed by atoms with Gasteiger partial charge in [0.2, 0.25) is 0 Å². The molecular formula is C20H17N3OS. The number of nitrogens with one attached hydrogen (secondary N) is 2. The van der Waals surface area contributed by atoms with Gasteiger partial charge >= 0.3 is 0 Å². The first kappa shape index (κ1) is 15.6. The Balaban J connectivity index is 1.70. The summed E-state index contributed by atoms with van der Waals surface area (Å²) < 4.78 is 0. The highest BCUT2D eigenvalue weighted by Crippen LogP contribution is 2.27. The summed E-state index contributed by atoms with van der Waals surface area (Å²) in [4.78, 5) is 14.0. The fourth-order valence-corrected chi connectivity index (χ4v) is 3.72. The third kappa shape index (κ3) is 3.06. The van der Waals surface area contributed by atoms with E-state index >= 15 is 0 Å². The Bertz CT molecular complexity index is 1010. The number of H-pyrrole nitrogens is 1. The van der Waals surface area contributed by atoms with Crippen LogP contribution in [-0.4, -0.2) is 16.1 Å². The van der Waals surface area contributed by atoms with E-state index in [-0.39, 0.29) is 11.9 Å². The molecule has 0 unspecified atom stereocenters. The van der Waals surface area contributed by atoms with Crippen LogP contribution in [0.25, 0.3) is 10.9 Å². The van der Waals surface area contributed by atoms with Crippen molar-refractivity contribution in [3.63, 3.8) is 0 Å². The Kier molecular flexibility index (Phi) is 4.07. The van der Waals surface area contributed by atoms with Crippen LogP contribution in [0, 0.1) is 6.92 Å². The van der Waals surface area contributed by atoms with Gasteiger partial charge in [-0.2, -0.15) is 5.10 Å². The molecule has 0 bridgehead atoms. The van der Waals surface area contributed by atoms with Gasteiger partial charge in [-0.1, -0.05) is 48.0 Å². The molecule has 0 aliphatic heterocycles. The van der Waals surface area contributed by atoms with Crippen LogP contribution in [0.15, 0.2) is 66.0 Å². The number of amides is 1. The predicted molar refractivity (Wildman–Crippen MR) is 101 cm³/mol. The van der Waals surface area contributed by atoms with E-state index in [4.69, 9.17) is 0 Å². The zero-order valence-electron chi connectivity index (χ0n) is 13.7. The number of hydrogen-bond acceptors (Lipinski definition) is 3. The molecule has 0 aliphatic rings. The topological polar surface area (TPSA) is 57.8 Å². The van der Waals surface area contributed by atoms with Crippen molar-refractivity contribution in [2.45, 2.75) is 13.0 Å². The average molecular weight is 347 g/mol. The zero-order valence-corrected chi connectivity index (χ0v) is 14.5. The highest BCUT2D eigenvalue weighted by atomic mass is 32.1. The quantitative estimate of drug-likeness (QED) is 0.573. The number of carbonyl (C=O) groups is 1. The van der Waals surface area contributed by atoms with Crippen molar-refractivity contribution in [3.8, 4) is 0 Å². The monoisotopic (exact) mass is 347 g/mol. The van der Waals surface area contributed by atoms with Crippen molar-refractivity contribution in [2.75, 3.05) is 0 Å². The molecule has 0 spiro atoms. The molecule has 4 nitrogen and oxygen atoms in total. The number of thiophene rings is 1. The first-order valence-electron chi connectivity index (χ1n) is 8.06. The lowest BCUT2D eigenvalue weighted by atomic mass is 10.0. The van der Waals surface area contributed by atoms with E-state index < -0.39 is 0 Å². The Hall–Kier alpha value is -2.92. The summed E-state index contributed by atoms with van der Waals surface area (Å²) in [7, 11) is 0. The molecule has 2 aromatic carbocycles. The van der Waals surface area contributed by atoms with Crippen LogP contribution in [0.2, 0.25) is 0 Å². The van der Waals surface area contributed by atoms with E-state index in [0.29, 0.717) is 5.69 Å². The molecule has 4 rings (SSSR count). The summed E-state index contributed by atoms with van der Waals surface area (Å²) >= 11 is 1.63. The number of benzene rings is 2. The molecule has 2 N–H and O–H groups in total. The third-order valence-corrected chi connectivity index (χ3v) is 5.11. The molecular weight excluding hydrogens is 330 g/mol. The summed E-state index contributed by atoms with van der Waals surface area (Å²) in [6, 6.07) is 19.8. The summed E-state index contributed by atoms with van der Waals surface area (Å²) in [5.74, 6) is -0.181. The number of carbonyl (C=O) groups excluding carboxylic acids is 1. The molecule has 0 saturated carbocycles. The minimum atomic E-state index is -0.190. The molecule has 124 valence electrons. The number of nitrogens with zero attached hydrogens (tertiary/aromatic N) is 1. The van der Waals surface area contributed by atoms with Crippen LogP contribution in [0.5, 0.6) is 0 Å². The summed E-state index contributed by atoms with van der Waals surface area (Å²) in [6.45, 7) is 2.01. The van der Waals surface area contributed by atoms with Gasteiger partial charge in [-0.25, -0.2) is 0 Å². The van der Waals surface area contributed by atoms with Gasteiger partial charge in [-0.3, -0.25) is 9.89 Å². The predicted octanol–water partition coefficient (Wildman–Crippen LogP) is 4.45. The van der Waals surface area contributed by atoms with E-state index in [2.05, 4.69) is 15.5 Å². The molecule has 0 aliphatic carbocycles. The highest BCUT2D eigenvalue weighted by molar-refractivity contribution is 7.10. The van der Waals surface area contributed by atoms with Crippen LogP contribution >= 0.6 is 11.3 Å². The number of aromatic amines is 1. The number of rotatable bonds is 4. The van der Waals surface area contributed by atoms with Gasteiger partial charge in [0.05, 0.1) is 11.6 Å². The van der Waals surface area contributed by atoms with Crippen LogP contribution in [0.1, 0.15) is 32.5 Å². The third-order valence-electron chi connectivity index (χ3n) is 4.17. The van der Waals surface area contributed by atoms with Crippen molar-refractivity contribution in [1.82, 2.24) is 15.5 Å². The lowest BCUT2D eigenvalue weighted by molar-refractivity contribution is 0.0940. The Morgan fingerprint density at radius 2 is 1.96 bits per heavy atom. The molecule has 2 heterocycles. The van der Waals surface area contributed by atoms with Crippen molar-refractivity contribution in [2.24, 2.45) is 0 Å². The molecule has 25 heavy (non-hydrogen) atoms. The molecule has 4 aromatic rings. The Labute approximate surface area is 149 Å². The van der Waals surface area contributed by atoms with Crippen LogP contribution < -0.4 is 5.32 Å². The second kappa shape index (κ2) is 6.53. The molecule has 0 saturated heterocycles. The molecule has 1 amide bonds. The van der Waals surface area contributed by atoms with E-state index in [9.17, 15) is 4.79 Å². The van der Waals surface area contributed by atoms with E-state index in [1.807, 2.05) is 73.0 Å². The molecule has 1 atom stereocenters. The standard InChI is InChI=1S/C20H17N3OS/c1-13-9-10-16-15(12-13)19(23-22-16)20(24)21-18(17-8-5-11-25-17)14-6-3-2-4-7-14/h2-12,18H,1H3,(H,21,24)(H,22,23)/t18-/m1/s1. The summed E-state index contributed by atoms with van der Waals surface area (Å²) in [5, 5.41) is 13.2. The minimum absolute atomic E-state index is 0.181. The van der Waals surface area contributed by atoms with Gasteiger partial charge in [0.1, 0.15) is 0 Å². The largest absolute Gasteiger partial charge is 0.339 e. The van der Waals surface area contributed by atoms with Crippen molar-refractivity contribution >= 4 is 28.1 Å². The summed E-state index contributed by atoms with van der Waals surface area (Å²) in [5.41, 5.74) is 3.44. The smallest absolute Gasteiger partial charge is 0.273 e. The lowest BCUT2D eigenvalue weighted by Gasteiger charge is -2.17. The lowest BCUT2D eigenvalue weighted by Crippen LogP contribution is -2.29. The first-order valence-corrected chi connectivity index (χ1v) is 8.94. The highest BCUT2D eigenvalue weighted by Gasteiger charge is 2.21. The van der Waals surface area contributed by atoms with Crippen molar-refractivity contribution in [3.05, 3.63) is 87.7 Å². The zero-order chi connectivity index (χ0) is 17.2. The first-order chi connectivity index (χ1) is 12.2.